The normalized spacial score (nSPS) is 20.3. The smallest absolute Gasteiger partial charge is 0.280 e. The van der Waals surface area contributed by atoms with Crippen molar-refractivity contribution in [3.05, 3.63) is 11.5 Å². The van der Waals surface area contributed by atoms with Gasteiger partial charge in [0.05, 0.1) is 5.69 Å². The summed E-state index contributed by atoms with van der Waals surface area (Å²) >= 11 is 0. The van der Waals surface area contributed by atoms with E-state index in [0.717, 1.165) is 43.6 Å². The van der Waals surface area contributed by atoms with Crippen LogP contribution in [0.1, 0.15) is 50.7 Å². The molecule has 0 fully saturated rings. The van der Waals surface area contributed by atoms with Crippen molar-refractivity contribution in [1.82, 2.24) is 9.55 Å². The number of nitrogens with zero attached hydrogens (tertiary/aromatic N) is 2. The van der Waals surface area contributed by atoms with Gasteiger partial charge in [0, 0.05) is 23.1 Å². The van der Waals surface area contributed by atoms with Crippen molar-refractivity contribution >= 4 is 19.7 Å². The van der Waals surface area contributed by atoms with E-state index in [4.69, 9.17) is 10.7 Å². The molecule has 1 aromatic heterocycles. The highest BCUT2D eigenvalue weighted by Crippen LogP contribution is 2.33. The van der Waals surface area contributed by atoms with Crippen molar-refractivity contribution < 1.29 is 8.42 Å². The second-order valence-electron chi connectivity index (χ2n) is 4.40. The Morgan fingerprint density at radius 2 is 2.18 bits per heavy atom. The largest absolute Gasteiger partial charge is 0.328 e. The lowest BCUT2D eigenvalue weighted by molar-refractivity contribution is 0.378. The number of aromatic nitrogens is 2. The molecule has 1 aromatic rings. The average Bonchev–Trinajstić information content (AvgIpc) is 2.67. The van der Waals surface area contributed by atoms with Crippen LogP contribution in [0.15, 0.2) is 5.03 Å². The number of aryl methyl sites for hydroxylation is 1. The molecule has 0 aromatic carbocycles. The molecule has 17 heavy (non-hydrogen) atoms. The number of hydrogen-bond acceptors (Lipinski definition) is 3. The zero-order valence-corrected chi connectivity index (χ0v) is 11.7. The molecular formula is C11H17ClN2O2S. The summed E-state index contributed by atoms with van der Waals surface area (Å²) in [5.74, 6) is 0.839. The van der Waals surface area contributed by atoms with Crippen molar-refractivity contribution in [1.29, 1.82) is 0 Å². The maximum Gasteiger partial charge on any atom is 0.280 e. The van der Waals surface area contributed by atoms with Crippen LogP contribution in [0, 0.1) is 0 Å². The molecule has 1 aliphatic rings. The van der Waals surface area contributed by atoms with E-state index in [1.807, 2.05) is 6.92 Å². The summed E-state index contributed by atoms with van der Waals surface area (Å²) in [6.07, 6.45) is 4.58. The van der Waals surface area contributed by atoms with E-state index < -0.39 is 9.05 Å². The van der Waals surface area contributed by atoms with E-state index in [2.05, 4.69) is 16.5 Å². The molecule has 0 saturated carbocycles. The monoisotopic (exact) mass is 276 g/mol. The lowest BCUT2D eigenvalue weighted by Crippen LogP contribution is -2.19. The van der Waals surface area contributed by atoms with Crippen molar-refractivity contribution in [2.45, 2.75) is 57.0 Å². The minimum absolute atomic E-state index is 0.0779. The Balaban J connectivity index is 2.64. The maximum atomic E-state index is 11.5. The second kappa shape index (κ2) is 4.61. The van der Waals surface area contributed by atoms with Gasteiger partial charge in [-0.3, -0.25) is 0 Å². The highest BCUT2D eigenvalue weighted by molar-refractivity contribution is 8.13. The van der Waals surface area contributed by atoms with Crippen LogP contribution in [-0.2, 0) is 21.9 Å². The van der Waals surface area contributed by atoms with Crippen LogP contribution in [0.3, 0.4) is 0 Å². The Kier molecular flexibility index (Phi) is 3.50. The first-order valence-electron chi connectivity index (χ1n) is 6.03. The molecule has 1 unspecified atom stereocenters. The van der Waals surface area contributed by atoms with Crippen LogP contribution in [0.25, 0.3) is 0 Å². The number of rotatable bonds is 3. The van der Waals surface area contributed by atoms with Gasteiger partial charge in [-0.15, -0.1) is 0 Å². The topological polar surface area (TPSA) is 52.0 Å². The van der Waals surface area contributed by atoms with Crippen molar-refractivity contribution in [3.8, 4) is 0 Å². The Labute approximate surface area is 106 Å². The quantitative estimate of drug-likeness (QED) is 0.798. The molecular weight excluding hydrogens is 260 g/mol. The average molecular weight is 277 g/mol. The van der Waals surface area contributed by atoms with Gasteiger partial charge in [0.2, 0.25) is 0 Å². The lowest BCUT2D eigenvalue weighted by Gasteiger charge is -2.26. The molecule has 0 amide bonds. The van der Waals surface area contributed by atoms with Gasteiger partial charge in [-0.1, -0.05) is 13.8 Å². The number of hydrogen-bond donors (Lipinski definition) is 0. The van der Waals surface area contributed by atoms with Crippen LogP contribution in [-0.4, -0.2) is 18.0 Å². The molecule has 0 spiro atoms. The van der Waals surface area contributed by atoms with E-state index >= 15 is 0 Å². The molecule has 4 nitrogen and oxygen atoms in total. The van der Waals surface area contributed by atoms with Crippen molar-refractivity contribution in [2.24, 2.45) is 0 Å². The van der Waals surface area contributed by atoms with E-state index in [0.29, 0.717) is 6.04 Å². The molecule has 0 bridgehead atoms. The molecule has 0 saturated heterocycles. The van der Waals surface area contributed by atoms with Crippen LogP contribution in [0.4, 0.5) is 0 Å². The molecule has 6 heteroatoms. The van der Waals surface area contributed by atoms with Gasteiger partial charge < -0.3 is 4.57 Å². The third-order valence-corrected chi connectivity index (χ3v) is 4.61. The minimum atomic E-state index is -3.72. The molecule has 0 N–H and O–H groups in total. The third kappa shape index (κ3) is 2.22. The van der Waals surface area contributed by atoms with Gasteiger partial charge in [0.15, 0.2) is 5.03 Å². The molecule has 0 aliphatic carbocycles. The number of fused-ring (bicyclic) bond motifs is 1. The van der Waals surface area contributed by atoms with Gasteiger partial charge >= 0.3 is 0 Å². The van der Waals surface area contributed by atoms with E-state index in [9.17, 15) is 8.42 Å². The summed E-state index contributed by atoms with van der Waals surface area (Å²) in [6, 6.07) is 0.369. The lowest BCUT2D eigenvalue weighted by atomic mass is 10.0. The summed E-state index contributed by atoms with van der Waals surface area (Å²) in [7, 11) is 1.73. The summed E-state index contributed by atoms with van der Waals surface area (Å²) in [4.78, 5) is 4.22. The van der Waals surface area contributed by atoms with Gasteiger partial charge in [-0.25, -0.2) is 13.4 Å². The summed E-state index contributed by atoms with van der Waals surface area (Å²) in [6.45, 7) is 4.11. The molecule has 2 rings (SSSR count). The fraction of sp³-hybridized carbons (Fsp3) is 0.727. The predicted molar refractivity (Wildman–Crippen MR) is 66.9 cm³/mol. The van der Waals surface area contributed by atoms with Gasteiger partial charge in [0.25, 0.3) is 9.05 Å². The SMILES string of the molecule is CCc1nc(S(=O)(=O)Cl)c2n1C(CC)CCC2. The Bertz CT molecular complexity index is 522. The third-order valence-electron chi connectivity index (χ3n) is 3.38. The molecule has 2 heterocycles. The molecule has 0 radical (unpaired) electrons. The Hall–Kier alpha value is -0.550. The standard InChI is InChI=1S/C11H17ClN2O2S/c1-3-8-6-5-7-9-11(17(12,15)16)13-10(4-2)14(8)9/h8H,3-7H2,1-2H3. The Morgan fingerprint density at radius 1 is 1.47 bits per heavy atom. The van der Waals surface area contributed by atoms with Gasteiger partial charge in [0.1, 0.15) is 5.82 Å². The van der Waals surface area contributed by atoms with E-state index in [-0.39, 0.29) is 5.03 Å². The molecule has 96 valence electrons. The number of halogens is 1. The van der Waals surface area contributed by atoms with Crippen molar-refractivity contribution in [3.63, 3.8) is 0 Å². The van der Waals surface area contributed by atoms with Crippen LogP contribution in [0.2, 0.25) is 0 Å². The zero-order valence-electron chi connectivity index (χ0n) is 10.1. The highest BCUT2D eigenvalue weighted by atomic mass is 35.7. The Morgan fingerprint density at radius 3 is 2.71 bits per heavy atom. The maximum absolute atomic E-state index is 11.5. The van der Waals surface area contributed by atoms with Gasteiger partial charge in [-0.2, -0.15) is 0 Å². The first kappa shape index (κ1) is 12.9. The molecule has 1 atom stereocenters. The van der Waals surface area contributed by atoms with Crippen LogP contribution in [0.5, 0.6) is 0 Å². The summed E-state index contributed by atoms with van der Waals surface area (Å²) in [5, 5.41) is 0.0779. The first-order chi connectivity index (χ1) is 7.99. The second-order valence-corrected chi connectivity index (χ2v) is 6.88. The molecule has 1 aliphatic heterocycles. The van der Waals surface area contributed by atoms with Gasteiger partial charge in [-0.05, 0) is 25.7 Å². The number of imidazole rings is 1. The van der Waals surface area contributed by atoms with E-state index in [1.54, 1.807) is 0 Å². The summed E-state index contributed by atoms with van der Waals surface area (Å²) in [5.41, 5.74) is 0.801. The fourth-order valence-corrected chi connectivity index (χ4v) is 3.69. The van der Waals surface area contributed by atoms with Crippen LogP contribution < -0.4 is 0 Å². The van der Waals surface area contributed by atoms with Crippen LogP contribution >= 0.6 is 10.7 Å². The van der Waals surface area contributed by atoms with E-state index in [1.165, 1.54) is 0 Å². The zero-order chi connectivity index (χ0) is 12.6. The first-order valence-corrected chi connectivity index (χ1v) is 8.34. The summed E-state index contributed by atoms with van der Waals surface area (Å²) < 4.78 is 25.1. The minimum Gasteiger partial charge on any atom is -0.328 e. The fourth-order valence-electron chi connectivity index (χ4n) is 2.62. The predicted octanol–water partition coefficient (Wildman–Crippen LogP) is 2.66. The highest BCUT2D eigenvalue weighted by Gasteiger charge is 2.30. The van der Waals surface area contributed by atoms with Crippen molar-refractivity contribution in [2.75, 3.05) is 0 Å².